The molecule has 0 radical (unpaired) electrons. The number of Topliss-reactive ketones (excluding diaryl/α,β-unsaturated/α-hetero) is 1. The fourth-order valence-corrected chi connectivity index (χ4v) is 4.01. The lowest BCUT2D eigenvalue weighted by molar-refractivity contribution is -0.144. The summed E-state index contributed by atoms with van der Waals surface area (Å²) in [7, 11) is 0. The quantitative estimate of drug-likeness (QED) is 0.618. The topological polar surface area (TPSA) is 37.3 Å². The van der Waals surface area contributed by atoms with Crippen LogP contribution in [0.2, 0.25) is 0 Å². The van der Waals surface area contributed by atoms with Gasteiger partial charge in [0, 0.05) is 23.1 Å². The van der Waals surface area contributed by atoms with Gasteiger partial charge in [-0.1, -0.05) is 31.2 Å². The first kappa shape index (κ1) is 13.8. The second-order valence-electron chi connectivity index (χ2n) is 5.91. The number of alkyl halides is 1. The summed E-state index contributed by atoms with van der Waals surface area (Å²) in [5, 5.41) is 10.2. The van der Waals surface area contributed by atoms with E-state index in [2.05, 4.69) is 13.5 Å². The Morgan fingerprint density at radius 1 is 1.67 bits per heavy atom. The molecule has 2 aliphatic rings. The van der Waals surface area contributed by atoms with Crippen LogP contribution in [0, 0.1) is 23.2 Å². The zero-order chi connectivity index (χ0) is 13.5. The van der Waals surface area contributed by atoms with Crippen LogP contribution in [0.15, 0.2) is 24.3 Å². The van der Waals surface area contributed by atoms with Crippen LogP contribution >= 0.6 is 11.6 Å². The molecule has 1 fully saturated rings. The Bertz CT molecular complexity index is 401. The van der Waals surface area contributed by atoms with Gasteiger partial charge in [0.05, 0.1) is 0 Å². The molecule has 2 rings (SSSR count). The Morgan fingerprint density at radius 2 is 2.33 bits per heavy atom. The van der Waals surface area contributed by atoms with E-state index in [9.17, 15) is 9.90 Å². The highest BCUT2D eigenvalue weighted by Crippen LogP contribution is 2.53. The van der Waals surface area contributed by atoms with Crippen molar-refractivity contribution >= 4 is 17.4 Å². The van der Waals surface area contributed by atoms with Crippen LogP contribution in [0.4, 0.5) is 0 Å². The van der Waals surface area contributed by atoms with Crippen molar-refractivity contribution in [2.75, 3.05) is 5.88 Å². The molecule has 100 valence electrons. The Kier molecular flexibility index (Phi) is 3.70. The number of ketones is 1. The van der Waals surface area contributed by atoms with E-state index in [4.69, 9.17) is 11.6 Å². The molecule has 2 nitrogen and oxygen atoms in total. The summed E-state index contributed by atoms with van der Waals surface area (Å²) in [4.78, 5) is 12.4. The third-order valence-electron chi connectivity index (χ3n) is 4.88. The fourth-order valence-electron chi connectivity index (χ4n) is 3.47. The highest BCUT2D eigenvalue weighted by Gasteiger charge is 2.54. The third-order valence-corrected chi connectivity index (χ3v) is 5.38. The molecule has 0 spiro atoms. The van der Waals surface area contributed by atoms with Crippen LogP contribution < -0.4 is 0 Å². The van der Waals surface area contributed by atoms with Crippen LogP contribution in [0.25, 0.3) is 0 Å². The highest BCUT2D eigenvalue weighted by atomic mass is 35.5. The molecule has 1 saturated carbocycles. The standard InChI is InChI=1S/C15H21ClO2/c1-9(2)11-7-15(8-16)10(3)5-4-6-12(15)14(18)13(11)17/h4,6,10-13,17H,1,5,7-8H2,2-3H3. The smallest absolute Gasteiger partial charge is 0.169 e. The Hall–Kier alpha value is -0.600. The Balaban J connectivity index is 2.44. The van der Waals surface area contributed by atoms with Crippen LogP contribution in [0.3, 0.4) is 0 Å². The van der Waals surface area contributed by atoms with Crippen LogP contribution in [-0.4, -0.2) is 22.9 Å². The summed E-state index contributed by atoms with van der Waals surface area (Å²) in [6.07, 6.45) is 4.79. The summed E-state index contributed by atoms with van der Waals surface area (Å²) in [6.45, 7) is 7.95. The van der Waals surface area contributed by atoms with Gasteiger partial charge in [-0.05, 0) is 25.7 Å². The normalized spacial score (nSPS) is 43.7. The first-order valence-corrected chi connectivity index (χ1v) is 7.07. The molecule has 3 heteroatoms. The summed E-state index contributed by atoms with van der Waals surface area (Å²) in [5.74, 6) is 0.359. The summed E-state index contributed by atoms with van der Waals surface area (Å²) in [5.41, 5.74) is 0.663. The van der Waals surface area contributed by atoms with Gasteiger partial charge in [0.25, 0.3) is 0 Å². The average molecular weight is 269 g/mol. The van der Waals surface area contributed by atoms with Crippen molar-refractivity contribution in [2.45, 2.75) is 32.8 Å². The maximum Gasteiger partial charge on any atom is 0.169 e. The van der Waals surface area contributed by atoms with E-state index in [-0.39, 0.29) is 23.0 Å². The van der Waals surface area contributed by atoms with Crippen LogP contribution in [0.5, 0.6) is 0 Å². The SMILES string of the molecule is C=C(C)C1CC2(CCl)C(C)CC=CC2C(=O)C1O. The number of rotatable bonds is 2. The van der Waals surface area contributed by atoms with Crippen molar-refractivity contribution in [3.63, 3.8) is 0 Å². The van der Waals surface area contributed by atoms with Crippen LogP contribution in [0.1, 0.15) is 26.7 Å². The van der Waals surface area contributed by atoms with Crippen molar-refractivity contribution in [2.24, 2.45) is 23.2 Å². The van der Waals surface area contributed by atoms with Crippen LogP contribution in [-0.2, 0) is 4.79 Å². The summed E-state index contributed by atoms with van der Waals surface area (Å²) in [6, 6.07) is 0. The van der Waals surface area contributed by atoms with E-state index in [0.29, 0.717) is 11.8 Å². The molecule has 0 bridgehead atoms. The largest absolute Gasteiger partial charge is 0.385 e. The van der Waals surface area contributed by atoms with Gasteiger partial charge in [-0.25, -0.2) is 0 Å². The average Bonchev–Trinajstić information content (AvgIpc) is 2.34. The number of fused-ring (bicyclic) bond motifs is 1. The van der Waals surface area contributed by atoms with Crippen molar-refractivity contribution < 1.29 is 9.90 Å². The molecule has 0 aromatic carbocycles. The van der Waals surface area contributed by atoms with E-state index >= 15 is 0 Å². The molecule has 2 aliphatic carbocycles. The van der Waals surface area contributed by atoms with E-state index < -0.39 is 6.10 Å². The van der Waals surface area contributed by atoms with Crippen molar-refractivity contribution in [1.82, 2.24) is 0 Å². The predicted molar refractivity (Wildman–Crippen MR) is 73.5 cm³/mol. The molecule has 0 aromatic heterocycles. The van der Waals surface area contributed by atoms with Gasteiger partial charge in [0.1, 0.15) is 6.10 Å². The van der Waals surface area contributed by atoms with Gasteiger partial charge in [-0.15, -0.1) is 11.6 Å². The zero-order valence-electron chi connectivity index (χ0n) is 11.0. The van der Waals surface area contributed by atoms with Crippen molar-refractivity contribution in [1.29, 1.82) is 0 Å². The van der Waals surface area contributed by atoms with Gasteiger partial charge >= 0.3 is 0 Å². The zero-order valence-corrected chi connectivity index (χ0v) is 11.8. The molecular weight excluding hydrogens is 248 g/mol. The number of carbonyl (C=O) groups is 1. The number of allylic oxidation sites excluding steroid dienone is 2. The number of hydrogen-bond acceptors (Lipinski definition) is 2. The maximum atomic E-state index is 12.4. The molecule has 0 saturated heterocycles. The van der Waals surface area contributed by atoms with Crippen molar-refractivity contribution in [3.05, 3.63) is 24.3 Å². The van der Waals surface area contributed by atoms with E-state index in [1.807, 2.05) is 19.1 Å². The first-order valence-electron chi connectivity index (χ1n) is 6.54. The molecule has 0 aliphatic heterocycles. The summed E-state index contributed by atoms with van der Waals surface area (Å²) < 4.78 is 0. The molecule has 0 aromatic rings. The predicted octanol–water partition coefficient (Wildman–Crippen LogP) is 2.95. The second-order valence-corrected chi connectivity index (χ2v) is 6.18. The molecular formula is C15H21ClO2. The highest BCUT2D eigenvalue weighted by molar-refractivity contribution is 6.18. The lowest BCUT2D eigenvalue weighted by Crippen LogP contribution is -2.54. The van der Waals surface area contributed by atoms with E-state index in [0.717, 1.165) is 18.4 Å². The van der Waals surface area contributed by atoms with Gasteiger partial charge in [0.15, 0.2) is 5.78 Å². The number of carbonyl (C=O) groups excluding carboxylic acids is 1. The minimum atomic E-state index is -0.918. The lowest BCUT2D eigenvalue weighted by atomic mass is 9.54. The number of aliphatic hydroxyl groups is 1. The first-order chi connectivity index (χ1) is 8.44. The van der Waals surface area contributed by atoms with E-state index in [1.54, 1.807) is 0 Å². The molecule has 0 heterocycles. The maximum absolute atomic E-state index is 12.4. The molecule has 5 unspecified atom stereocenters. The van der Waals surface area contributed by atoms with Gasteiger partial charge < -0.3 is 5.11 Å². The van der Waals surface area contributed by atoms with E-state index in [1.165, 1.54) is 0 Å². The molecule has 18 heavy (non-hydrogen) atoms. The minimum Gasteiger partial charge on any atom is -0.385 e. The lowest BCUT2D eigenvalue weighted by Gasteiger charge is -2.51. The van der Waals surface area contributed by atoms with Crippen molar-refractivity contribution in [3.8, 4) is 0 Å². The van der Waals surface area contributed by atoms with Gasteiger partial charge in [-0.3, -0.25) is 4.79 Å². The fraction of sp³-hybridized carbons (Fsp3) is 0.667. The number of aliphatic hydroxyl groups excluding tert-OH is 1. The Labute approximate surface area is 114 Å². The number of hydrogen-bond donors (Lipinski definition) is 1. The minimum absolute atomic E-state index is 0.0855. The molecule has 0 amide bonds. The Morgan fingerprint density at radius 3 is 2.89 bits per heavy atom. The summed E-state index contributed by atoms with van der Waals surface area (Å²) >= 11 is 6.23. The number of halogens is 1. The second kappa shape index (κ2) is 4.82. The third kappa shape index (κ3) is 1.86. The monoisotopic (exact) mass is 268 g/mol. The molecule has 5 atom stereocenters. The van der Waals surface area contributed by atoms with Gasteiger partial charge in [-0.2, -0.15) is 0 Å². The van der Waals surface area contributed by atoms with Gasteiger partial charge in [0.2, 0.25) is 0 Å². The molecule has 1 N–H and O–H groups in total.